The van der Waals surface area contributed by atoms with E-state index in [0.29, 0.717) is 13.0 Å². The molecule has 0 saturated heterocycles. The standard InChI is InChI=1S/C10H22NO5P/c1-3-15-17(13,14)16-9-7-5-4-6-8-11-10(2)12/h3-9H2,1-2H3,(H,11,12)(H,13,14)/p-1/i1T. The Morgan fingerprint density at radius 2 is 2.06 bits per heavy atom. The summed E-state index contributed by atoms with van der Waals surface area (Å²) in [6.45, 7) is 1.93. The first-order chi connectivity index (χ1) is 8.48. The Labute approximate surface area is 104 Å². The summed E-state index contributed by atoms with van der Waals surface area (Å²) in [6, 6.07) is 0. The van der Waals surface area contributed by atoms with Crippen LogP contribution >= 0.6 is 7.82 Å². The average molecular weight is 268 g/mol. The van der Waals surface area contributed by atoms with E-state index in [9.17, 15) is 14.3 Å². The van der Waals surface area contributed by atoms with Crippen molar-refractivity contribution in [3.05, 3.63) is 0 Å². The molecule has 0 rings (SSSR count). The van der Waals surface area contributed by atoms with Crippen molar-refractivity contribution in [1.82, 2.24) is 5.32 Å². The smallest absolute Gasteiger partial charge is 0.267 e. The van der Waals surface area contributed by atoms with E-state index in [2.05, 4.69) is 14.4 Å². The van der Waals surface area contributed by atoms with Crippen molar-refractivity contribution in [1.29, 1.82) is 0 Å². The highest BCUT2D eigenvalue weighted by molar-refractivity contribution is 7.45. The van der Waals surface area contributed by atoms with Crippen molar-refractivity contribution >= 4 is 13.7 Å². The van der Waals surface area contributed by atoms with E-state index in [1.54, 1.807) is 0 Å². The minimum Gasteiger partial charge on any atom is -0.756 e. The summed E-state index contributed by atoms with van der Waals surface area (Å²) in [7, 11) is -4.21. The topological polar surface area (TPSA) is 87.7 Å². The van der Waals surface area contributed by atoms with Gasteiger partial charge < -0.3 is 19.3 Å². The quantitative estimate of drug-likeness (QED) is 0.475. The van der Waals surface area contributed by atoms with Gasteiger partial charge in [0.15, 0.2) is 0 Å². The Balaban J connectivity index is 3.34. The fourth-order valence-corrected chi connectivity index (χ4v) is 1.82. The first kappa shape index (κ1) is 14.6. The molecule has 0 bridgehead atoms. The van der Waals surface area contributed by atoms with Gasteiger partial charge in [-0.15, -0.1) is 0 Å². The van der Waals surface area contributed by atoms with Crippen LogP contribution in [0.4, 0.5) is 0 Å². The monoisotopic (exact) mass is 268 g/mol. The van der Waals surface area contributed by atoms with Crippen molar-refractivity contribution in [3.8, 4) is 0 Å². The highest BCUT2D eigenvalue weighted by Gasteiger charge is 2.06. The highest BCUT2D eigenvalue weighted by Crippen LogP contribution is 2.37. The Kier molecular flexibility index (Phi) is 8.26. The van der Waals surface area contributed by atoms with Gasteiger partial charge in [0.05, 0.1) is 13.2 Å². The second-order valence-corrected chi connectivity index (χ2v) is 4.92. The van der Waals surface area contributed by atoms with Crippen LogP contribution < -0.4 is 10.2 Å². The predicted molar refractivity (Wildman–Crippen MR) is 62.3 cm³/mol. The van der Waals surface area contributed by atoms with E-state index in [-0.39, 0.29) is 26.0 Å². The average Bonchev–Trinajstić information content (AvgIpc) is 2.29. The Morgan fingerprint density at radius 1 is 1.35 bits per heavy atom. The second kappa shape index (κ2) is 9.59. The lowest BCUT2D eigenvalue weighted by Crippen LogP contribution is -2.20. The second-order valence-electron chi connectivity index (χ2n) is 3.51. The molecule has 7 heteroatoms. The van der Waals surface area contributed by atoms with Crippen LogP contribution in [0.5, 0.6) is 0 Å². The number of rotatable bonds is 10. The molecule has 0 heterocycles. The number of amides is 1. The summed E-state index contributed by atoms with van der Waals surface area (Å²) < 4.78 is 26.8. The molecule has 0 aromatic carbocycles. The highest BCUT2D eigenvalue weighted by atomic mass is 31.2. The fraction of sp³-hybridized carbons (Fsp3) is 0.900. The van der Waals surface area contributed by atoms with Crippen LogP contribution in [0.3, 0.4) is 0 Å². The van der Waals surface area contributed by atoms with Crippen LogP contribution in [0.25, 0.3) is 0 Å². The predicted octanol–water partition coefficient (Wildman–Crippen LogP) is 1.20. The molecule has 0 saturated carbocycles. The molecule has 0 aliphatic carbocycles. The van der Waals surface area contributed by atoms with Crippen molar-refractivity contribution < 1.29 is 24.7 Å². The summed E-state index contributed by atoms with van der Waals surface area (Å²) in [5.74, 6) is -0.0443. The maximum Gasteiger partial charge on any atom is 0.267 e. The van der Waals surface area contributed by atoms with Crippen LogP contribution in [0.2, 0.25) is 0 Å². The molecular weight excluding hydrogens is 245 g/mol. The lowest BCUT2D eigenvalue weighted by molar-refractivity contribution is -0.225. The Bertz CT molecular complexity index is 277. The molecule has 6 nitrogen and oxygen atoms in total. The largest absolute Gasteiger partial charge is 0.756 e. The summed E-state index contributed by atoms with van der Waals surface area (Å²) >= 11 is 0. The van der Waals surface area contributed by atoms with Crippen LogP contribution in [0.15, 0.2) is 0 Å². The molecule has 17 heavy (non-hydrogen) atoms. The van der Waals surface area contributed by atoms with E-state index in [4.69, 9.17) is 1.37 Å². The normalized spacial score (nSPS) is 15.1. The molecule has 0 aromatic rings. The number of hydrogen-bond acceptors (Lipinski definition) is 5. The van der Waals surface area contributed by atoms with Crippen LogP contribution in [0, 0.1) is 0 Å². The number of phosphoric ester groups is 1. The van der Waals surface area contributed by atoms with E-state index in [0.717, 1.165) is 19.3 Å². The molecule has 0 aromatic heterocycles. The zero-order chi connectivity index (χ0) is 13.9. The third-order valence-corrected chi connectivity index (χ3v) is 2.94. The third kappa shape index (κ3) is 11.8. The van der Waals surface area contributed by atoms with Gasteiger partial charge in [0, 0.05) is 14.8 Å². The summed E-state index contributed by atoms with van der Waals surface area (Å²) in [6.07, 6.45) is 3.22. The number of nitrogens with one attached hydrogen (secondary N) is 1. The van der Waals surface area contributed by atoms with Gasteiger partial charge in [-0.3, -0.25) is 9.36 Å². The Morgan fingerprint density at radius 3 is 2.71 bits per heavy atom. The molecule has 0 radical (unpaired) electrons. The first-order valence-corrected chi connectivity index (χ1v) is 7.08. The van der Waals surface area contributed by atoms with Crippen LogP contribution in [-0.2, 0) is 18.4 Å². The van der Waals surface area contributed by atoms with E-state index in [1.165, 1.54) is 6.92 Å². The third-order valence-electron chi connectivity index (χ3n) is 1.94. The maximum absolute atomic E-state index is 11.1. The first-order valence-electron chi connectivity index (χ1n) is 6.32. The minimum absolute atomic E-state index is 0.0443. The van der Waals surface area contributed by atoms with Gasteiger partial charge in [-0.25, -0.2) is 0 Å². The molecule has 1 atom stereocenters. The zero-order valence-electron chi connectivity index (χ0n) is 11.1. The molecule has 0 spiro atoms. The summed E-state index contributed by atoms with van der Waals surface area (Å²) in [5.41, 5.74) is 0. The summed E-state index contributed by atoms with van der Waals surface area (Å²) in [5, 5.41) is 2.68. The van der Waals surface area contributed by atoms with Crippen LogP contribution in [0.1, 0.15) is 40.9 Å². The molecule has 1 N–H and O–H groups in total. The van der Waals surface area contributed by atoms with Crippen molar-refractivity contribution in [2.24, 2.45) is 0 Å². The number of hydrogen-bond donors (Lipinski definition) is 1. The SMILES string of the molecule is [3H]CCOP(=O)([O-])OCCCCCCNC(C)=O. The van der Waals surface area contributed by atoms with Gasteiger partial charge in [0.2, 0.25) is 5.91 Å². The van der Waals surface area contributed by atoms with Gasteiger partial charge >= 0.3 is 0 Å². The molecule has 0 aliphatic rings. The zero-order valence-corrected chi connectivity index (χ0v) is 11.0. The fourth-order valence-electron chi connectivity index (χ4n) is 1.17. The van der Waals surface area contributed by atoms with E-state index >= 15 is 0 Å². The summed E-state index contributed by atoms with van der Waals surface area (Å²) in [4.78, 5) is 21.6. The van der Waals surface area contributed by atoms with Crippen molar-refractivity contribution in [3.63, 3.8) is 0 Å². The van der Waals surface area contributed by atoms with Gasteiger partial charge in [-0.1, -0.05) is 12.8 Å². The molecule has 1 unspecified atom stereocenters. The number of unbranched alkanes of at least 4 members (excludes halogenated alkanes) is 3. The number of carbonyl (C=O) groups excluding carboxylic acids is 1. The molecule has 102 valence electrons. The van der Waals surface area contributed by atoms with Crippen molar-refractivity contribution in [2.75, 3.05) is 19.8 Å². The molecule has 0 aliphatic heterocycles. The van der Waals surface area contributed by atoms with Crippen LogP contribution in [-0.4, -0.2) is 25.7 Å². The Hall–Kier alpha value is -0.420. The molecule has 1 amide bonds. The minimum atomic E-state index is -4.21. The molecular formula is C10H21NO5P-. The molecule has 0 fully saturated rings. The van der Waals surface area contributed by atoms with Gasteiger partial charge in [-0.05, 0) is 19.7 Å². The van der Waals surface area contributed by atoms with E-state index < -0.39 is 7.82 Å². The van der Waals surface area contributed by atoms with Crippen molar-refractivity contribution in [2.45, 2.75) is 39.5 Å². The lowest BCUT2D eigenvalue weighted by atomic mass is 10.2. The maximum atomic E-state index is 11.1. The van der Waals surface area contributed by atoms with E-state index in [1.807, 2.05) is 0 Å². The van der Waals surface area contributed by atoms with Gasteiger partial charge in [0.1, 0.15) is 0 Å². The van der Waals surface area contributed by atoms with Gasteiger partial charge in [0.25, 0.3) is 7.82 Å². The van der Waals surface area contributed by atoms with Gasteiger partial charge in [-0.2, -0.15) is 0 Å². The number of carbonyl (C=O) groups is 1. The lowest BCUT2D eigenvalue weighted by Gasteiger charge is -2.21. The number of phosphoric acid groups is 1.